The first-order chi connectivity index (χ1) is 5.59. The first kappa shape index (κ1) is 9.00. The normalized spacial score (nSPS) is 9.83. The summed E-state index contributed by atoms with van der Waals surface area (Å²) in [7, 11) is 0. The summed E-state index contributed by atoms with van der Waals surface area (Å²) in [4.78, 5) is 4.06. The van der Waals surface area contributed by atoms with Crippen LogP contribution in [-0.2, 0) is 6.42 Å². The fraction of sp³-hybridized carbons (Fsp3) is 0.250. The SMILES string of the molecule is Cc1ccc(CC(=N)N)nc1Cl. The van der Waals surface area contributed by atoms with Crippen molar-refractivity contribution in [2.24, 2.45) is 5.73 Å². The predicted octanol–water partition coefficient (Wildman–Crippen LogP) is 1.52. The number of nitrogens with zero attached hydrogens (tertiary/aromatic N) is 1. The van der Waals surface area contributed by atoms with E-state index in [4.69, 9.17) is 22.7 Å². The first-order valence-electron chi connectivity index (χ1n) is 3.54. The molecule has 0 fully saturated rings. The fourth-order valence-electron chi connectivity index (χ4n) is 0.835. The minimum atomic E-state index is 0.0995. The van der Waals surface area contributed by atoms with Crippen LogP contribution < -0.4 is 5.73 Å². The van der Waals surface area contributed by atoms with E-state index in [1.807, 2.05) is 19.1 Å². The lowest BCUT2D eigenvalue weighted by Gasteiger charge is -2.00. The first-order valence-corrected chi connectivity index (χ1v) is 3.92. The standard InChI is InChI=1S/C8H10ClN3/c1-5-2-3-6(4-7(10)11)12-8(5)9/h2-3H,4H2,1H3,(H3,10,11). The molecule has 1 aromatic heterocycles. The molecule has 0 amide bonds. The van der Waals surface area contributed by atoms with Crippen molar-refractivity contribution in [3.05, 3.63) is 28.5 Å². The highest BCUT2D eigenvalue weighted by atomic mass is 35.5. The summed E-state index contributed by atoms with van der Waals surface area (Å²) in [5.41, 5.74) is 6.88. The van der Waals surface area contributed by atoms with E-state index in [0.29, 0.717) is 11.6 Å². The van der Waals surface area contributed by atoms with E-state index in [9.17, 15) is 0 Å². The third-order valence-corrected chi connectivity index (χ3v) is 1.85. The number of nitrogens with one attached hydrogen (secondary N) is 1. The second-order valence-corrected chi connectivity index (χ2v) is 2.97. The Morgan fingerprint density at radius 1 is 1.67 bits per heavy atom. The van der Waals surface area contributed by atoms with Crippen molar-refractivity contribution < 1.29 is 0 Å². The van der Waals surface area contributed by atoms with Gasteiger partial charge in [-0.15, -0.1) is 0 Å². The van der Waals surface area contributed by atoms with Gasteiger partial charge in [0.1, 0.15) is 5.15 Å². The molecule has 0 atom stereocenters. The van der Waals surface area contributed by atoms with Crippen LogP contribution in [0.5, 0.6) is 0 Å². The van der Waals surface area contributed by atoms with Gasteiger partial charge in [0.05, 0.1) is 5.84 Å². The van der Waals surface area contributed by atoms with Gasteiger partial charge >= 0.3 is 0 Å². The highest BCUT2D eigenvalue weighted by molar-refractivity contribution is 6.30. The molecule has 1 aromatic rings. The lowest BCUT2D eigenvalue weighted by atomic mass is 10.2. The molecule has 0 aliphatic carbocycles. The molecule has 0 aliphatic heterocycles. The summed E-state index contributed by atoms with van der Waals surface area (Å²) in [6, 6.07) is 3.69. The van der Waals surface area contributed by atoms with E-state index in [1.165, 1.54) is 0 Å². The number of aromatic nitrogens is 1. The van der Waals surface area contributed by atoms with E-state index in [0.717, 1.165) is 11.3 Å². The van der Waals surface area contributed by atoms with E-state index < -0.39 is 0 Å². The summed E-state index contributed by atoms with van der Waals surface area (Å²) in [6.45, 7) is 1.88. The molecular formula is C8H10ClN3. The maximum Gasteiger partial charge on any atom is 0.132 e. The highest BCUT2D eigenvalue weighted by Gasteiger charge is 2.00. The largest absolute Gasteiger partial charge is 0.387 e. The molecule has 0 radical (unpaired) electrons. The zero-order chi connectivity index (χ0) is 9.14. The summed E-state index contributed by atoms with van der Waals surface area (Å²) in [5.74, 6) is 0.0995. The van der Waals surface area contributed by atoms with Crippen molar-refractivity contribution in [2.75, 3.05) is 0 Å². The second-order valence-electron chi connectivity index (χ2n) is 2.61. The summed E-state index contributed by atoms with van der Waals surface area (Å²) in [6.07, 6.45) is 0.361. The number of nitrogens with two attached hydrogens (primary N) is 1. The Balaban J connectivity index is 2.89. The molecule has 0 saturated carbocycles. The molecule has 3 N–H and O–H groups in total. The Morgan fingerprint density at radius 3 is 2.83 bits per heavy atom. The summed E-state index contributed by atoms with van der Waals surface area (Å²) in [5, 5.41) is 7.53. The number of amidine groups is 1. The third-order valence-electron chi connectivity index (χ3n) is 1.46. The van der Waals surface area contributed by atoms with Gasteiger partial charge in [0.25, 0.3) is 0 Å². The van der Waals surface area contributed by atoms with Crippen molar-refractivity contribution in [2.45, 2.75) is 13.3 Å². The lowest BCUT2D eigenvalue weighted by Crippen LogP contribution is -2.13. The Hall–Kier alpha value is -1.09. The van der Waals surface area contributed by atoms with Crippen LogP contribution in [0.15, 0.2) is 12.1 Å². The fourth-order valence-corrected chi connectivity index (χ4v) is 1.01. The zero-order valence-corrected chi connectivity index (χ0v) is 7.52. The number of hydrogen-bond acceptors (Lipinski definition) is 2. The number of aryl methyl sites for hydroxylation is 1. The number of rotatable bonds is 2. The van der Waals surface area contributed by atoms with Gasteiger partial charge in [0.15, 0.2) is 0 Å². The molecule has 0 spiro atoms. The number of hydrogen-bond donors (Lipinski definition) is 2. The Kier molecular flexibility index (Phi) is 2.65. The van der Waals surface area contributed by atoms with Gasteiger partial charge in [-0.1, -0.05) is 17.7 Å². The molecule has 0 bridgehead atoms. The molecule has 0 saturated heterocycles. The Bertz CT molecular complexity index is 309. The molecule has 64 valence electrons. The molecule has 0 unspecified atom stereocenters. The Labute approximate surface area is 76.1 Å². The molecule has 1 heterocycles. The monoisotopic (exact) mass is 183 g/mol. The molecular weight excluding hydrogens is 174 g/mol. The van der Waals surface area contributed by atoms with Crippen LogP contribution >= 0.6 is 11.6 Å². The van der Waals surface area contributed by atoms with Crippen molar-refractivity contribution in [3.63, 3.8) is 0 Å². The van der Waals surface area contributed by atoms with E-state index in [-0.39, 0.29) is 5.84 Å². The average Bonchev–Trinajstić information content (AvgIpc) is 1.96. The second kappa shape index (κ2) is 3.54. The van der Waals surface area contributed by atoms with Crippen LogP contribution in [0.25, 0.3) is 0 Å². The van der Waals surface area contributed by atoms with Crippen LogP contribution in [0, 0.1) is 12.3 Å². The molecule has 4 heteroatoms. The van der Waals surface area contributed by atoms with Gasteiger partial charge in [-0.05, 0) is 18.6 Å². The van der Waals surface area contributed by atoms with Crippen LogP contribution in [0.3, 0.4) is 0 Å². The zero-order valence-electron chi connectivity index (χ0n) is 6.76. The van der Waals surface area contributed by atoms with Gasteiger partial charge < -0.3 is 5.73 Å². The van der Waals surface area contributed by atoms with Crippen LogP contribution in [0.4, 0.5) is 0 Å². The lowest BCUT2D eigenvalue weighted by molar-refractivity contribution is 1.10. The number of halogens is 1. The predicted molar refractivity (Wildman–Crippen MR) is 49.6 cm³/mol. The van der Waals surface area contributed by atoms with Gasteiger partial charge in [-0.3, -0.25) is 5.41 Å². The number of pyridine rings is 1. The van der Waals surface area contributed by atoms with Crippen LogP contribution in [0.1, 0.15) is 11.3 Å². The van der Waals surface area contributed by atoms with Gasteiger partial charge in [-0.25, -0.2) is 4.98 Å². The smallest absolute Gasteiger partial charge is 0.132 e. The van der Waals surface area contributed by atoms with Gasteiger partial charge in [-0.2, -0.15) is 0 Å². The van der Waals surface area contributed by atoms with E-state index >= 15 is 0 Å². The Morgan fingerprint density at radius 2 is 2.33 bits per heavy atom. The van der Waals surface area contributed by atoms with Crippen molar-refractivity contribution in [3.8, 4) is 0 Å². The maximum atomic E-state index is 7.05. The third kappa shape index (κ3) is 2.20. The van der Waals surface area contributed by atoms with Crippen LogP contribution in [-0.4, -0.2) is 10.8 Å². The van der Waals surface area contributed by atoms with Crippen molar-refractivity contribution >= 4 is 17.4 Å². The van der Waals surface area contributed by atoms with E-state index in [1.54, 1.807) is 0 Å². The summed E-state index contributed by atoms with van der Waals surface area (Å²) < 4.78 is 0. The molecule has 3 nitrogen and oxygen atoms in total. The quantitative estimate of drug-likeness (QED) is 0.415. The molecule has 1 rings (SSSR count). The topological polar surface area (TPSA) is 62.8 Å². The highest BCUT2D eigenvalue weighted by Crippen LogP contribution is 2.12. The minimum absolute atomic E-state index is 0.0995. The van der Waals surface area contributed by atoms with Gasteiger partial charge in [0.2, 0.25) is 0 Å². The van der Waals surface area contributed by atoms with Gasteiger partial charge in [0, 0.05) is 12.1 Å². The van der Waals surface area contributed by atoms with Crippen molar-refractivity contribution in [1.82, 2.24) is 4.98 Å². The summed E-state index contributed by atoms with van der Waals surface area (Å²) >= 11 is 5.77. The molecule has 0 aromatic carbocycles. The average molecular weight is 184 g/mol. The molecule has 12 heavy (non-hydrogen) atoms. The van der Waals surface area contributed by atoms with E-state index in [2.05, 4.69) is 4.98 Å². The van der Waals surface area contributed by atoms with Crippen LogP contribution in [0.2, 0.25) is 5.15 Å². The maximum absolute atomic E-state index is 7.05. The molecule has 0 aliphatic rings. The minimum Gasteiger partial charge on any atom is -0.387 e. The van der Waals surface area contributed by atoms with Crippen molar-refractivity contribution in [1.29, 1.82) is 5.41 Å².